The van der Waals surface area contributed by atoms with E-state index in [-0.39, 0.29) is 42.0 Å². The molecule has 1 amide bonds. The summed E-state index contributed by atoms with van der Waals surface area (Å²) >= 11 is 0. The maximum Gasteiger partial charge on any atom is 0.303 e. The van der Waals surface area contributed by atoms with Crippen LogP contribution in [0.4, 0.5) is 11.5 Å². The summed E-state index contributed by atoms with van der Waals surface area (Å²) in [7, 11) is 0. The van der Waals surface area contributed by atoms with E-state index in [0.717, 1.165) is 35.5 Å². The summed E-state index contributed by atoms with van der Waals surface area (Å²) in [6, 6.07) is 9.54. The van der Waals surface area contributed by atoms with E-state index in [0.29, 0.717) is 38.3 Å². The summed E-state index contributed by atoms with van der Waals surface area (Å²) in [5.41, 5.74) is 10.3. The Hall–Kier alpha value is -4.38. The zero-order chi connectivity index (χ0) is 28.5. The number of ketones is 1. The molecule has 210 valence electrons. The summed E-state index contributed by atoms with van der Waals surface area (Å²) in [6.45, 7) is 4.93. The lowest BCUT2D eigenvalue weighted by atomic mass is 10.0. The van der Waals surface area contributed by atoms with Gasteiger partial charge in [-0.05, 0) is 24.5 Å². The molecule has 0 spiro atoms. The molecule has 0 unspecified atom stereocenters. The lowest BCUT2D eigenvalue weighted by molar-refractivity contribution is -0.137. The van der Waals surface area contributed by atoms with Crippen molar-refractivity contribution in [2.75, 3.05) is 43.5 Å². The van der Waals surface area contributed by atoms with Gasteiger partial charge >= 0.3 is 5.97 Å². The van der Waals surface area contributed by atoms with Gasteiger partial charge in [0, 0.05) is 67.6 Å². The standard InChI is InChI=1S/C29H34N6O5/c1-19(2-7-26(37)38)29(39)32-11-8-20-3-5-21(6-4-20)23-18-33-28(30)27(34-23)25(36)16-22-17-31-10-9-24(22)35-12-14-40-15-13-35/h3-6,9-10,17-19H,2,7-8,11-16H2,1H3,(H2,30,33)(H,32,39)(H,37,38)/t19-/m0/s1. The van der Waals surface area contributed by atoms with Crippen LogP contribution in [0, 0.1) is 5.92 Å². The second kappa shape index (κ2) is 13.6. The predicted molar refractivity (Wildman–Crippen MR) is 150 cm³/mol. The largest absolute Gasteiger partial charge is 0.481 e. The molecule has 1 fully saturated rings. The Kier molecular flexibility index (Phi) is 9.74. The monoisotopic (exact) mass is 546 g/mol. The first kappa shape index (κ1) is 28.6. The van der Waals surface area contributed by atoms with Gasteiger partial charge in [0.15, 0.2) is 11.6 Å². The zero-order valence-corrected chi connectivity index (χ0v) is 22.5. The molecule has 11 nitrogen and oxygen atoms in total. The van der Waals surface area contributed by atoms with Crippen LogP contribution in [0.2, 0.25) is 0 Å². The molecule has 1 aliphatic rings. The van der Waals surface area contributed by atoms with Crippen LogP contribution in [0.15, 0.2) is 48.9 Å². The number of aliphatic carboxylic acids is 1. The molecule has 0 radical (unpaired) electrons. The number of amides is 1. The lowest BCUT2D eigenvalue weighted by Gasteiger charge is -2.30. The number of hydrogen-bond acceptors (Lipinski definition) is 9. The number of carboxylic acid groups (broad SMARTS) is 1. The summed E-state index contributed by atoms with van der Waals surface area (Å²) in [5, 5.41) is 11.6. The van der Waals surface area contributed by atoms with Gasteiger partial charge in [-0.2, -0.15) is 0 Å². The fourth-order valence-corrected chi connectivity index (χ4v) is 4.49. The Labute approximate surface area is 232 Å². The smallest absolute Gasteiger partial charge is 0.303 e. The summed E-state index contributed by atoms with van der Waals surface area (Å²) < 4.78 is 5.45. The minimum atomic E-state index is -0.909. The number of pyridine rings is 1. The Morgan fingerprint density at radius 1 is 1.12 bits per heavy atom. The topological polar surface area (TPSA) is 161 Å². The van der Waals surface area contributed by atoms with Crippen LogP contribution in [0.5, 0.6) is 0 Å². The Morgan fingerprint density at radius 2 is 1.88 bits per heavy atom. The van der Waals surface area contributed by atoms with Crippen molar-refractivity contribution >= 4 is 29.2 Å². The Balaban J connectivity index is 1.38. The van der Waals surface area contributed by atoms with E-state index in [1.165, 1.54) is 0 Å². The number of Topliss-reactive ketones (excluding diaryl/α,β-unsaturated/α-hetero) is 1. The van der Waals surface area contributed by atoms with E-state index in [9.17, 15) is 14.4 Å². The van der Waals surface area contributed by atoms with Gasteiger partial charge in [-0.25, -0.2) is 9.97 Å². The number of carbonyl (C=O) groups is 3. The predicted octanol–water partition coefficient (Wildman–Crippen LogP) is 2.54. The third-order valence-electron chi connectivity index (χ3n) is 6.85. The van der Waals surface area contributed by atoms with Crippen molar-refractivity contribution in [3.8, 4) is 11.3 Å². The molecule has 0 bridgehead atoms. The van der Waals surface area contributed by atoms with Gasteiger partial charge in [-0.1, -0.05) is 31.2 Å². The fraction of sp³-hybridized carbons (Fsp3) is 0.379. The molecule has 0 saturated carbocycles. The zero-order valence-electron chi connectivity index (χ0n) is 22.5. The molecule has 0 aliphatic carbocycles. The number of aromatic nitrogens is 3. The quantitative estimate of drug-likeness (QED) is 0.288. The van der Waals surface area contributed by atoms with Gasteiger partial charge in [0.2, 0.25) is 5.91 Å². The normalized spacial score (nSPS) is 14.0. The second-order valence-corrected chi connectivity index (χ2v) is 9.76. The van der Waals surface area contributed by atoms with Crippen LogP contribution in [0.3, 0.4) is 0 Å². The minimum Gasteiger partial charge on any atom is -0.481 e. The number of morpholine rings is 1. The molecule has 3 heterocycles. The molecule has 2 aromatic heterocycles. The molecular formula is C29H34N6O5. The number of nitrogen functional groups attached to an aromatic ring is 1. The maximum absolute atomic E-state index is 13.3. The highest BCUT2D eigenvalue weighted by molar-refractivity contribution is 6.00. The first-order valence-electron chi connectivity index (χ1n) is 13.3. The third kappa shape index (κ3) is 7.60. The number of nitrogens with zero attached hydrogens (tertiary/aromatic N) is 4. The molecule has 1 aromatic carbocycles. The van der Waals surface area contributed by atoms with Crippen molar-refractivity contribution in [1.82, 2.24) is 20.3 Å². The lowest BCUT2D eigenvalue weighted by Crippen LogP contribution is -2.37. The van der Waals surface area contributed by atoms with Gasteiger partial charge in [0.05, 0.1) is 25.1 Å². The number of hydrogen-bond donors (Lipinski definition) is 3. The van der Waals surface area contributed by atoms with Gasteiger partial charge in [0.1, 0.15) is 5.69 Å². The number of rotatable bonds is 12. The highest BCUT2D eigenvalue weighted by atomic mass is 16.5. The van der Waals surface area contributed by atoms with Crippen LogP contribution in [-0.4, -0.2) is 70.6 Å². The number of anilines is 2. The minimum absolute atomic E-state index is 0.0314. The van der Waals surface area contributed by atoms with E-state index in [2.05, 4.69) is 25.2 Å². The highest BCUT2D eigenvalue weighted by Gasteiger charge is 2.20. The van der Waals surface area contributed by atoms with Crippen LogP contribution in [0.1, 0.15) is 41.4 Å². The molecule has 1 saturated heterocycles. The summed E-state index contributed by atoms with van der Waals surface area (Å²) in [5.74, 6) is -1.58. The van der Waals surface area contributed by atoms with Gasteiger partial charge in [-0.3, -0.25) is 19.4 Å². The summed E-state index contributed by atoms with van der Waals surface area (Å²) in [6.07, 6.45) is 5.95. The van der Waals surface area contributed by atoms with E-state index in [1.807, 2.05) is 30.3 Å². The maximum atomic E-state index is 13.3. The molecule has 1 aliphatic heterocycles. The fourth-order valence-electron chi connectivity index (χ4n) is 4.49. The number of nitrogens with two attached hydrogens (primary N) is 1. The SMILES string of the molecule is C[C@@H](CCC(=O)O)C(=O)NCCc1ccc(-c2cnc(N)c(C(=O)Cc3cnccc3N3CCOCC3)n2)cc1. The molecule has 1 atom stereocenters. The Morgan fingerprint density at radius 3 is 2.60 bits per heavy atom. The van der Waals surface area contributed by atoms with Crippen LogP contribution in [-0.2, 0) is 27.2 Å². The second-order valence-electron chi connectivity index (χ2n) is 9.76. The van der Waals surface area contributed by atoms with E-state index < -0.39 is 5.97 Å². The number of benzene rings is 1. The van der Waals surface area contributed by atoms with Crippen molar-refractivity contribution in [2.45, 2.75) is 32.6 Å². The molecular weight excluding hydrogens is 512 g/mol. The molecule has 11 heteroatoms. The van der Waals surface area contributed by atoms with Crippen molar-refractivity contribution in [3.63, 3.8) is 0 Å². The van der Waals surface area contributed by atoms with Crippen LogP contribution in [0.25, 0.3) is 11.3 Å². The van der Waals surface area contributed by atoms with Crippen molar-refractivity contribution < 1.29 is 24.2 Å². The van der Waals surface area contributed by atoms with Crippen molar-refractivity contribution in [3.05, 3.63) is 65.7 Å². The first-order valence-corrected chi connectivity index (χ1v) is 13.3. The number of nitrogens with one attached hydrogen (secondary N) is 1. The number of ether oxygens (including phenoxy) is 1. The average Bonchev–Trinajstić information content (AvgIpc) is 2.97. The van der Waals surface area contributed by atoms with Gasteiger partial charge in [0.25, 0.3) is 0 Å². The van der Waals surface area contributed by atoms with Crippen molar-refractivity contribution in [1.29, 1.82) is 0 Å². The number of carboxylic acids is 1. The van der Waals surface area contributed by atoms with Gasteiger partial charge < -0.3 is 25.8 Å². The Bertz CT molecular complexity index is 1340. The first-order chi connectivity index (χ1) is 19.3. The average molecular weight is 547 g/mol. The van der Waals surface area contributed by atoms with Crippen LogP contribution < -0.4 is 16.0 Å². The molecule has 40 heavy (non-hydrogen) atoms. The molecule has 3 aromatic rings. The van der Waals surface area contributed by atoms with E-state index in [1.54, 1.807) is 25.5 Å². The molecule has 4 N–H and O–H groups in total. The molecule has 4 rings (SSSR count). The van der Waals surface area contributed by atoms with Crippen molar-refractivity contribution in [2.24, 2.45) is 5.92 Å². The number of carbonyl (C=O) groups excluding carboxylic acids is 2. The third-order valence-corrected chi connectivity index (χ3v) is 6.85. The van der Waals surface area contributed by atoms with Gasteiger partial charge in [-0.15, -0.1) is 0 Å². The highest BCUT2D eigenvalue weighted by Crippen LogP contribution is 2.24. The van der Waals surface area contributed by atoms with E-state index in [4.69, 9.17) is 15.6 Å². The van der Waals surface area contributed by atoms with E-state index >= 15 is 0 Å². The summed E-state index contributed by atoms with van der Waals surface area (Å²) in [4.78, 5) is 51.3. The van der Waals surface area contributed by atoms with Crippen LogP contribution >= 0.6 is 0 Å².